The Morgan fingerprint density at radius 1 is 1.15 bits per heavy atom. The van der Waals surface area contributed by atoms with Crippen LogP contribution < -0.4 is 5.73 Å². The summed E-state index contributed by atoms with van der Waals surface area (Å²) in [4.78, 5) is 0. The van der Waals surface area contributed by atoms with Crippen molar-refractivity contribution in [3.8, 4) is 0 Å². The molecule has 0 bridgehead atoms. The van der Waals surface area contributed by atoms with Crippen molar-refractivity contribution in [2.24, 2.45) is 11.7 Å². The molecule has 0 saturated heterocycles. The first-order valence-corrected chi connectivity index (χ1v) is 5.91. The summed E-state index contributed by atoms with van der Waals surface area (Å²) >= 11 is 0. The summed E-state index contributed by atoms with van der Waals surface area (Å²) < 4.78 is 0. The standard InChI is InChI=1S/C12H25N/c1-11(2)7-6-10-12(13)8-4-3-5-9-12/h11H,3-10,13H2,1-2H3. The van der Waals surface area contributed by atoms with Gasteiger partial charge in [-0.2, -0.15) is 0 Å². The zero-order valence-corrected chi connectivity index (χ0v) is 9.31. The summed E-state index contributed by atoms with van der Waals surface area (Å²) in [7, 11) is 0. The van der Waals surface area contributed by atoms with Gasteiger partial charge in [0, 0.05) is 5.54 Å². The van der Waals surface area contributed by atoms with E-state index in [0.717, 1.165) is 5.92 Å². The lowest BCUT2D eigenvalue weighted by atomic mass is 9.79. The molecule has 0 unspecified atom stereocenters. The number of hydrogen-bond donors (Lipinski definition) is 1. The second kappa shape index (κ2) is 4.99. The maximum Gasteiger partial charge on any atom is 0.0154 e. The highest BCUT2D eigenvalue weighted by atomic mass is 14.7. The minimum Gasteiger partial charge on any atom is -0.325 e. The van der Waals surface area contributed by atoms with Gasteiger partial charge in [0.15, 0.2) is 0 Å². The molecule has 1 saturated carbocycles. The molecule has 1 fully saturated rings. The maximum absolute atomic E-state index is 6.35. The Balaban J connectivity index is 2.17. The second-order valence-electron chi connectivity index (χ2n) is 5.21. The summed E-state index contributed by atoms with van der Waals surface area (Å²) in [5, 5.41) is 0. The van der Waals surface area contributed by atoms with Gasteiger partial charge in [0.25, 0.3) is 0 Å². The van der Waals surface area contributed by atoms with Gasteiger partial charge in [0.1, 0.15) is 0 Å². The third-order valence-corrected chi connectivity index (χ3v) is 3.31. The quantitative estimate of drug-likeness (QED) is 0.709. The van der Waals surface area contributed by atoms with Gasteiger partial charge in [-0.05, 0) is 25.2 Å². The van der Waals surface area contributed by atoms with Crippen LogP contribution in [0.3, 0.4) is 0 Å². The minimum atomic E-state index is 0.215. The van der Waals surface area contributed by atoms with Gasteiger partial charge in [0.05, 0.1) is 0 Å². The third kappa shape index (κ3) is 4.12. The molecule has 0 atom stereocenters. The summed E-state index contributed by atoms with van der Waals surface area (Å²) in [6, 6.07) is 0. The lowest BCUT2D eigenvalue weighted by Gasteiger charge is -2.33. The zero-order valence-electron chi connectivity index (χ0n) is 9.31. The lowest BCUT2D eigenvalue weighted by Crippen LogP contribution is -2.41. The Bertz CT molecular complexity index is 134. The second-order valence-corrected chi connectivity index (χ2v) is 5.21. The predicted molar refractivity (Wildman–Crippen MR) is 58.7 cm³/mol. The molecule has 0 radical (unpaired) electrons. The van der Waals surface area contributed by atoms with Crippen LogP contribution in [-0.4, -0.2) is 5.54 Å². The van der Waals surface area contributed by atoms with E-state index in [-0.39, 0.29) is 5.54 Å². The fraction of sp³-hybridized carbons (Fsp3) is 1.00. The Hall–Kier alpha value is -0.0400. The van der Waals surface area contributed by atoms with E-state index < -0.39 is 0 Å². The monoisotopic (exact) mass is 183 g/mol. The average Bonchev–Trinajstić information content (AvgIpc) is 2.04. The van der Waals surface area contributed by atoms with Gasteiger partial charge in [-0.3, -0.25) is 0 Å². The van der Waals surface area contributed by atoms with Crippen molar-refractivity contribution in [3.63, 3.8) is 0 Å². The van der Waals surface area contributed by atoms with E-state index in [4.69, 9.17) is 5.73 Å². The molecule has 0 heterocycles. The van der Waals surface area contributed by atoms with Gasteiger partial charge < -0.3 is 5.73 Å². The molecule has 1 aliphatic rings. The van der Waals surface area contributed by atoms with Gasteiger partial charge in [-0.15, -0.1) is 0 Å². The highest BCUT2D eigenvalue weighted by molar-refractivity contribution is 4.86. The maximum atomic E-state index is 6.35. The summed E-state index contributed by atoms with van der Waals surface area (Å²) in [6.07, 6.45) is 10.6. The summed E-state index contributed by atoms with van der Waals surface area (Å²) in [5.74, 6) is 0.840. The van der Waals surface area contributed by atoms with Crippen LogP contribution in [0.25, 0.3) is 0 Å². The number of hydrogen-bond acceptors (Lipinski definition) is 1. The minimum absolute atomic E-state index is 0.215. The Kier molecular flexibility index (Phi) is 4.24. The van der Waals surface area contributed by atoms with E-state index in [1.807, 2.05) is 0 Å². The van der Waals surface area contributed by atoms with Gasteiger partial charge in [-0.25, -0.2) is 0 Å². The molecule has 1 rings (SSSR count). The van der Waals surface area contributed by atoms with Crippen LogP contribution in [-0.2, 0) is 0 Å². The molecule has 0 spiro atoms. The molecule has 0 aromatic carbocycles. The molecule has 0 aromatic heterocycles. The Morgan fingerprint density at radius 2 is 1.77 bits per heavy atom. The molecule has 0 aromatic rings. The van der Waals surface area contributed by atoms with E-state index in [1.165, 1.54) is 51.4 Å². The smallest absolute Gasteiger partial charge is 0.0154 e. The summed E-state index contributed by atoms with van der Waals surface area (Å²) in [6.45, 7) is 4.59. The van der Waals surface area contributed by atoms with Crippen molar-refractivity contribution in [1.82, 2.24) is 0 Å². The fourth-order valence-electron chi connectivity index (χ4n) is 2.37. The van der Waals surface area contributed by atoms with Crippen LogP contribution >= 0.6 is 0 Å². The molecule has 0 aliphatic heterocycles. The first-order chi connectivity index (χ1) is 6.12. The van der Waals surface area contributed by atoms with Crippen LogP contribution in [0.5, 0.6) is 0 Å². The largest absolute Gasteiger partial charge is 0.325 e. The normalized spacial score (nSPS) is 22.2. The zero-order chi connectivity index (χ0) is 9.73. The van der Waals surface area contributed by atoms with Crippen LogP contribution in [0, 0.1) is 5.92 Å². The first-order valence-electron chi connectivity index (χ1n) is 5.91. The highest BCUT2D eigenvalue weighted by Gasteiger charge is 2.26. The lowest BCUT2D eigenvalue weighted by molar-refractivity contribution is 0.266. The van der Waals surface area contributed by atoms with Gasteiger partial charge >= 0.3 is 0 Å². The fourth-order valence-corrected chi connectivity index (χ4v) is 2.37. The average molecular weight is 183 g/mol. The number of nitrogens with two attached hydrogens (primary N) is 1. The first kappa shape index (κ1) is 11.0. The third-order valence-electron chi connectivity index (χ3n) is 3.31. The van der Waals surface area contributed by atoms with Crippen LogP contribution in [0.2, 0.25) is 0 Å². The van der Waals surface area contributed by atoms with E-state index in [1.54, 1.807) is 0 Å². The van der Waals surface area contributed by atoms with E-state index in [9.17, 15) is 0 Å². The predicted octanol–water partition coefficient (Wildman–Crippen LogP) is 3.47. The van der Waals surface area contributed by atoms with Gasteiger partial charge in [0.2, 0.25) is 0 Å². The van der Waals surface area contributed by atoms with Crippen LogP contribution in [0.15, 0.2) is 0 Å². The SMILES string of the molecule is CC(C)CCCC1(N)CCCCC1. The molecule has 0 amide bonds. The molecule has 13 heavy (non-hydrogen) atoms. The Labute approximate surface area is 83.1 Å². The van der Waals surface area contributed by atoms with E-state index in [2.05, 4.69) is 13.8 Å². The van der Waals surface area contributed by atoms with Crippen molar-refractivity contribution in [2.45, 2.75) is 70.8 Å². The van der Waals surface area contributed by atoms with Gasteiger partial charge in [-0.1, -0.05) is 46.0 Å². The summed E-state index contributed by atoms with van der Waals surface area (Å²) in [5.41, 5.74) is 6.56. The Morgan fingerprint density at radius 3 is 2.31 bits per heavy atom. The molecule has 2 N–H and O–H groups in total. The van der Waals surface area contributed by atoms with Crippen molar-refractivity contribution in [1.29, 1.82) is 0 Å². The van der Waals surface area contributed by atoms with Crippen molar-refractivity contribution in [2.75, 3.05) is 0 Å². The van der Waals surface area contributed by atoms with Crippen molar-refractivity contribution in [3.05, 3.63) is 0 Å². The van der Waals surface area contributed by atoms with E-state index in [0.29, 0.717) is 0 Å². The molecular weight excluding hydrogens is 158 g/mol. The van der Waals surface area contributed by atoms with Crippen LogP contribution in [0.1, 0.15) is 65.2 Å². The van der Waals surface area contributed by atoms with Crippen molar-refractivity contribution < 1.29 is 0 Å². The molecule has 1 nitrogen and oxygen atoms in total. The molecular formula is C12H25N. The number of rotatable bonds is 4. The molecule has 1 heteroatoms. The van der Waals surface area contributed by atoms with Crippen LogP contribution in [0.4, 0.5) is 0 Å². The highest BCUT2D eigenvalue weighted by Crippen LogP contribution is 2.30. The van der Waals surface area contributed by atoms with E-state index >= 15 is 0 Å². The topological polar surface area (TPSA) is 26.0 Å². The molecule has 1 aliphatic carbocycles. The molecule has 78 valence electrons. The van der Waals surface area contributed by atoms with Crippen molar-refractivity contribution >= 4 is 0 Å².